The smallest absolute Gasteiger partial charge is 0.164 e. The first-order valence-corrected chi connectivity index (χ1v) is 7.95. The van der Waals surface area contributed by atoms with Crippen molar-refractivity contribution in [3.63, 3.8) is 0 Å². The van der Waals surface area contributed by atoms with Gasteiger partial charge in [0.05, 0.1) is 18.8 Å². The van der Waals surface area contributed by atoms with Gasteiger partial charge in [0, 0.05) is 7.11 Å². The SMILES string of the molecule is CO[C@@H]([C@@H]1OC(C)(C)O[C@@H]1COCc1ccccc1)C(C)(C)O. The van der Waals surface area contributed by atoms with Crippen LogP contribution in [0.1, 0.15) is 33.3 Å². The fraction of sp³-hybridized carbons (Fsp3) is 0.667. The zero-order valence-electron chi connectivity index (χ0n) is 14.6. The lowest BCUT2D eigenvalue weighted by atomic mass is 9.94. The Hall–Kier alpha value is -0.980. The van der Waals surface area contributed by atoms with Gasteiger partial charge in [0.25, 0.3) is 0 Å². The van der Waals surface area contributed by atoms with E-state index in [1.165, 1.54) is 0 Å². The van der Waals surface area contributed by atoms with Crippen LogP contribution in [-0.4, -0.2) is 48.5 Å². The summed E-state index contributed by atoms with van der Waals surface area (Å²) in [6, 6.07) is 9.97. The van der Waals surface area contributed by atoms with E-state index in [1.807, 2.05) is 44.2 Å². The van der Waals surface area contributed by atoms with Gasteiger partial charge in [0.2, 0.25) is 0 Å². The van der Waals surface area contributed by atoms with Gasteiger partial charge in [-0.2, -0.15) is 0 Å². The number of methoxy groups -OCH3 is 1. The van der Waals surface area contributed by atoms with Crippen LogP contribution >= 0.6 is 0 Å². The van der Waals surface area contributed by atoms with E-state index in [-0.39, 0.29) is 6.10 Å². The Morgan fingerprint density at radius 3 is 2.43 bits per heavy atom. The summed E-state index contributed by atoms with van der Waals surface area (Å²) in [6.07, 6.45) is -1.20. The summed E-state index contributed by atoms with van der Waals surface area (Å²) in [4.78, 5) is 0. The Kier molecular flexibility index (Phi) is 5.81. The molecule has 5 heteroatoms. The molecule has 0 saturated carbocycles. The van der Waals surface area contributed by atoms with Gasteiger partial charge in [0.1, 0.15) is 18.3 Å². The first kappa shape index (κ1) is 18.4. The first-order valence-electron chi connectivity index (χ1n) is 7.95. The highest BCUT2D eigenvalue weighted by atomic mass is 16.8. The summed E-state index contributed by atoms with van der Waals surface area (Å²) in [7, 11) is 1.57. The summed E-state index contributed by atoms with van der Waals surface area (Å²) in [5, 5.41) is 10.3. The van der Waals surface area contributed by atoms with Gasteiger partial charge in [-0.15, -0.1) is 0 Å². The second-order valence-electron chi connectivity index (χ2n) is 6.95. The maximum Gasteiger partial charge on any atom is 0.164 e. The molecule has 0 spiro atoms. The number of hydrogen-bond acceptors (Lipinski definition) is 5. The second-order valence-corrected chi connectivity index (χ2v) is 6.95. The van der Waals surface area contributed by atoms with E-state index in [0.29, 0.717) is 13.2 Å². The Morgan fingerprint density at radius 2 is 1.87 bits per heavy atom. The summed E-state index contributed by atoms with van der Waals surface area (Å²) in [6.45, 7) is 8.00. The van der Waals surface area contributed by atoms with Crippen LogP contribution in [0.15, 0.2) is 30.3 Å². The number of benzene rings is 1. The predicted octanol–water partition coefficient (Wildman–Crippen LogP) is 2.51. The van der Waals surface area contributed by atoms with Crippen molar-refractivity contribution in [2.24, 2.45) is 0 Å². The molecule has 0 amide bonds. The van der Waals surface area contributed by atoms with Gasteiger partial charge in [-0.25, -0.2) is 0 Å². The summed E-state index contributed by atoms with van der Waals surface area (Å²) in [5.41, 5.74) is 0.0638. The lowest BCUT2D eigenvalue weighted by Gasteiger charge is -2.34. The molecule has 1 aromatic rings. The van der Waals surface area contributed by atoms with Crippen molar-refractivity contribution in [3.8, 4) is 0 Å². The fourth-order valence-electron chi connectivity index (χ4n) is 2.94. The molecule has 0 unspecified atom stereocenters. The Labute approximate surface area is 138 Å². The monoisotopic (exact) mass is 324 g/mol. The minimum absolute atomic E-state index is 0.301. The number of rotatable bonds is 7. The molecule has 1 aliphatic heterocycles. The van der Waals surface area contributed by atoms with Crippen LogP contribution in [0.5, 0.6) is 0 Å². The molecule has 0 aliphatic carbocycles. The highest BCUT2D eigenvalue weighted by Crippen LogP contribution is 2.34. The van der Waals surface area contributed by atoms with Crippen molar-refractivity contribution in [2.45, 2.75) is 64.0 Å². The summed E-state index contributed by atoms with van der Waals surface area (Å²) >= 11 is 0. The van der Waals surface area contributed by atoms with Crippen LogP contribution < -0.4 is 0 Å². The zero-order valence-corrected chi connectivity index (χ0v) is 14.6. The summed E-state index contributed by atoms with van der Waals surface area (Å²) < 4.78 is 23.2. The second kappa shape index (κ2) is 7.28. The maximum atomic E-state index is 10.3. The van der Waals surface area contributed by atoms with E-state index in [2.05, 4.69) is 0 Å². The quantitative estimate of drug-likeness (QED) is 0.835. The van der Waals surface area contributed by atoms with Gasteiger partial charge < -0.3 is 24.1 Å². The largest absolute Gasteiger partial charge is 0.388 e. The molecule has 130 valence electrons. The lowest BCUT2D eigenvalue weighted by Crippen LogP contribution is -2.51. The molecule has 1 N–H and O–H groups in total. The third-order valence-electron chi connectivity index (χ3n) is 3.86. The highest BCUT2D eigenvalue weighted by molar-refractivity contribution is 5.13. The van der Waals surface area contributed by atoms with Crippen molar-refractivity contribution in [3.05, 3.63) is 35.9 Å². The van der Waals surface area contributed by atoms with Crippen molar-refractivity contribution in [2.75, 3.05) is 13.7 Å². The molecule has 1 aliphatic rings. The van der Waals surface area contributed by atoms with Gasteiger partial charge in [0.15, 0.2) is 5.79 Å². The van der Waals surface area contributed by atoms with Crippen LogP contribution in [0.25, 0.3) is 0 Å². The Morgan fingerprint density at radius 1 is 1.22 bits per heavy atom. The van der Waals surface area contributed by atoms with Crippen molar-refractivity contribution >= 4 is 0 Å². The van der Waals surface area contributed by atoms with Crippen LogP contribution in [0.4, 0.5) is 0 Å². The Bertz CT molecular complexity index is 480. The average molecular weight is 324 g/mol. The van der Waals surface area contributed by atoms with Crippen molar-refractivity contribution in [1.29, 1.82) is 0 Å². The molecule has 0 bridgehead atoms. The molecule has 3 atom stereocenters. The van der Waals surface area contributed by atoms with Crippen LogP contribution in [0.3, 0.4) is 0 Å². The minimum atomic E-state index is -1.04. The fourth-order valence-corrected chi connectivity index (χ4v) is 2.94. The van der Waals surface area contributed by atoms with E-state index < -0.39 is 23.6 Å². The predicted molar refractivity (Wildman–Crippen MR) is 87.0 cm³/mol. The standard InChI is InChI=1S/C18H28O5/c1-17(2,19)16(20-5)15-14(22-18(3,4)23-15)12-21-11-13-9-7-6-8-10-13/h6-10,14-16,19H,11-12H2,1-5H3/t14-,15-,16+/m1/s1. The van der Waals surface area contributed by atoms with Gasteiger partial charge in [-0.05, 0) is 33.3 Å². The lowest BCUT2D eigenvalue weighted by molar-refractivity contribution is -0.177. The van der Waals surface area contributed by atoms with E-state index >= 15 is 0 Å². The van der Waals surface area contributed by atoms with Gasteiger partial charge >= 0.3 is 0 Å². The number of ether oxygens (including phenoxy) is 4. The van der Waals surface area contributed by atoms with E-state index in [9.17, 15) is 5.11 Å². The molecule has 5 nitrogen and oxygen atoms in total. The Balaban J connectivity index is 1.99. The molecule has 23 heavy (non-hydrogen) atoms. The molecule has 0 aromatic heterocycles. The molecular weight excluding hydrogens is 296 g/mol. The first-order chi connectivity index (χ1) is 10.7. The molecule has 1 heterocycles. The van der Waals surface area contributed by atoms with Crippen molar-refractivity contribution in [1.82, 2.24) is 0 Å². The van der Waals surface area contributed by atoms with E-state index in [0.717, 1.165) is 5.56 Å². The van der Waals surface area contributed by atoms with Crippen LogP contribution in [-0.2, 0) is 25.6 Å². The molecule has 2 rings (SSSR count). The minimum Gasteiger partial charge on any atom is -0.388 e. The molecule has 1 aromatic carbocycles. The highest BCUT2D eigenvalue weighted by Gasteiger charge is 2.49. The molecule has 0 radical (unpaired) electrons. The van der Waals surface area contributed by atoms with Gasteiger partial charge in [-0.1, -0.05) is 30.3 Å². The van der Waals surface area contributed by atoms with E-state index in [1.54, 1.807) is 21.0 Å². The molecule has 1 saturated heterocycles. The topological polar surface area (TPSA) is 57.2 Å². The summed E-state index contributed by atoms with van der Waals surface area (Å²) in [5.74, 6) is -0.729. The normalized spacial score (nSPS) is 25.5. The molecule has 1 fully saturated rings. The molecular formula is C18H28O5. The van der Waals surface area contributed by atoms with E-state index in [4.69, 9.17) is 18.9 Å². The number of hydrogen-bond donors (Lipinski definition) is 1. The third kappa shape index (κ3) is 4.99. The van der Waals surface area contributed by atoms with Gasteiger partial charge in [-0.3, -0.25) is 0 Å². The van der Waals surface area contributed by atoms with Crippen molar-refractivity contribution < 1.29 is 24.1 Å². The zero-order chi connectivity index (χ0) is 17.1. The maximum absolute atomic E-state index is 10.3. The van der Waals surface area contributed by atoms with Crippen LogP contribution in [0.2, 0.25) is 0 Å². The number of aliphatic hydroxyl groups is 1. The average Bonchev–Trinajstić information content (AvgIpc) is 2.74. The third-order valence-corrected chi connectivity index (χ3v) is 3.86. The van der Waals surface area contributed by atoms with Crippen LogP contribution in [0, 0.1) is 0 Å².